The highest BCUT2D eigenvalue weighted by atomic mass is 35.5. The molecule has 0 saturated heterocycles. The van der Waals surface area contributed by atoms with E-state index < -0.39 is 6.04 Å². The van der Waals surface area contributed by atoms with Crippen LogP contribution in [-0.2, 0) is 4.79 Å². The quantitative estimate of drug-likeness (QED) is 0.562. The molecule has 0 unspecified atom stereocenters. The Kier molecular flexibility index (Phi) is 5.10. The molecule has 1 amide bonds. The van der Waals surface area contributed by atoms with Gasteiger partial charge >= 0.3 is 0 Å². The van der Waals surface area contributed by atoms with Gasteiger partial charge in [0.15, 0.2) is 5.78 Å². The summed E-state index contributed by atoms with van der Waals surface area (Å²) in [5.74, 6) is 0.462. The Morgan fingerprint density at radius 2 is 1.91 bits per heavy atom. The lowest BCUT2D eigenvalue weighted by Gasteiger charge is -2.33. The Morgan fingerprint density at radius 1 is 1.12 bits per heavy atom. The normalized spacial score (nSPS) is 17.5. The van der Waals surface area contributed by atoms with Crippen molar-refractivity contribution in [2.45, 2.75) is 39.2 Å². The number of nitrogens with one attached hydrogen (secondary N) is 2. The van der Waals surface area contributed by atoms with Crippen LogP contribution >= 0.6 is 11.6 Å². The average Bonchev–Trinajstić information content (AvgIpc) is 3.19. The zero-order valence-corrected chi connectivity index (χ0v) is 18.7. The molecule has 162 valence electrons. The molecule has 0 fully saturated rings. The molecule has 0 spiro atoms. The van der Waals surface area contributed by atoms with Gasteiger partial charge in [0, 0.05) is 28.4 Å². The summed E-state index contributed by atoms with van der Waals surface area (Å²) in [4.78, 5) is 26.0. The fourth-order valence-electron chi connectivity index (χ4n) is 4.40. The van der Waals surface area contributed by atoms with E-state index in [4.69, 9.17) is 11.6 Å². The van der Waals surface area contributed by atoms with Crippen LogP contribution in [0.1, 0.15) is 52.4 Å². The Labute approximate surface area is 191 Å². The number of nitrogens with zero attached hydrogens (tertiary/aromatic N) is 2. The number of amides is 1. The number of halogens is 1. The number of carbonyl (C=O) groups excluding carboxylic acids is 2. The van der Waals surface area contributed by atoms with E-state index >= 15 is 0 Å². The van der Waals surface area contributed by atoms with Gasteiger partial charge in [0.2, 0.25) is 0 Å². The molecule has 0 bridgehead atoms. The molecular weight excluding hydrogens is 424 g/mol. The van der Waals surface area contributed by atoms with Gasteiger partial charge in [-0.2, -0.15) is 5.10 Å². The maximum absolute atomic E-state index is 13.2. The second-order valence-corrected chi connectivity index (χ2v) is 8.79. The minimum atomic E-state index is -0.394. The minimum absolute atomic E-state index is 0.112. The lowest BCUT2D eigenvalue weighted by molar-refractivity contribution is -0.116. The number of benzene rings is 2. The minimum Gasteiger partial charge on any atom is -0.343 e. The number of rotatable bonds is 3. The molecule has 2 heterocycles. The molecule has 2 N–H and O–H groups in total. The number of ketones is 1. The van der Waals surface area contributed by atoms with Crippen molar-refractivity contribution in [3.05, 3.63) is 87.2 Å². The van der Waals surface area contributed by atoms with E-state index in [0.29, 0.717) is 22.8 Å². The van der Waals surface area contributed by atoms with Crippen LogP contribution < -0.4 is 10.6 Å². The van der Waals surface area contributed by atoms with Gasteiger partial charge in [-0.15, -0.1) is 0 Å². The van der Waals surface area contributed by atoms with Gasteiger partial charge in [0.25, 0.3) is 5.91 Å². The molecule has 1 aromatic heterocycles. The first-order valence-corrected chi connectivity index (χ1v) is 11.0. The van der Waals surface area contributed by atoms with E-state index in [0.717, 1.165) is 40.9 Å². The largest absolute Gasteiger partial charge is 0.343 e. The number of aryl methyl sites for hydroxylation is 2. The van der Waals surface area contributed by atoms with Crippen LogP contribution in [0.15, 0.2) is 59.9 Å². The molecular formula is C25H23ClN4O2. The SMILES string of the molecule is Cc1ccc(NC(=O)c2cnn3c2NC2=C(C(=O)CCC2)[C@@H]3c2ccc(Cl)cc2)cc1C. The van der Waals surface area contributed by atoms with Gasteiger partial charge in [0.05, 0.1) is 6.20 Å². The van der Waals surface area contributed by atoms with Crippen LogP contribution in [0.25, 0.3) is 0 Å². The number of allylic oxidation sites excluding steroid dienone is 2. The summed E-state index contributed by atoms with van der Waals surface area (Å²) in [6, 6.07) is 12.9. The summed E-state index contributed by atoms with van der Waals surface area (Å²) < 4.78 is 1.74. The first-order chi connectivity index (χ1) is 15.4. The maximum atomic E-state index is 13.2. The van der Waals surface area contributed by atoms with Crippen LogP contribution in [0, 0.1) is 13.8 Å². The Balaban J connectivity index is 1.55. The molecule has 6 nitrogen and oxygen atoms in total. The molecule has 0 saturated carbocycles. The van der Waals surface area contributed by atoms with Gasteiger partial charge in [-0.3, -0.25) is 9.59 Å². The second-order valence-electron chi connectivity index (χ2n) is 8.35. The average molecular weight is 447 g/mol. The summed E-state index contributed by atoms with van der Waals surface area (Å²) in [6.07, 6.45) is 3.62. The standard InChI is InChI=1S/C25H23ClN4O2/c1-14-6-11-18(12-15(14)2)28-25(32)19-13-27-30-23(16-7-9-17(26)10-8-16)22-20(29-24(19)30)4-3-5-21(22)31/h6-13,23,29H,3-5H2,1-2H3,(H,28,32)/t23-/m0/s1. The second kappa shape index (κ2) is 7.95. The number of hydrogen-bond acceptors (Lipinski definition) is 4. The highest BCUT2D eigenvalue weighted by Gasteiger charge is 2.37. The first kappa shape index (κ1) is 20.5. The van der Waals surface area contributed by atoms with Gasteiger partial charge in [-0.1, -0.05) is 29.8 Å². The third-order valence-electron chi connectivity index (χ3n) is 6.23. The predicted molar refractivity (Wildman–Crippen MR) is 125 cm³/mol. The Morgan fingerprint density at radius 3 is 2.66 bits per heavy atom. The van der Waals surface area contributed by atoms with Crippen molar-refractivity contribution in [1.29, 1.82) is 0 Å². The zero-order chi connectivity index (χ0) is 22.4. The Hall–Kier alpha value is -3.38. The van der Waals surface area contributed by atoms with E-state index in [1.54, 1.807) is 10.9 Å². The van der Waals surface area contributed by atoms with E-state index in [-0.39, 0.29) is 11.7 Å². The highest BCUT2D eigenvalue weighted by Crippen LogP contribution is 2.41. The van der Waals surface area contributed by atoms with Crippen molar-refractivity contribution in [3.63, 3.8) is 0 Å². The van der Waals surface area contributed by atoms with E-state index in [1.807, 2.05) is 56.3 Å². The van der Waals surface area contributed by atoms with Crippen molar-refractivity contribution < 1.29 is 9.59 Å². The number of Topliss-reactive ketones (excluding diaryl/α,β-unsaturated/α-hetero) is 1. The van der Waals surface area contributed by atoms with Crippen LogP contribution in [0.2, 0.25) is 5.02 Å². The molecule has 2 aliphatic rings. The van der Waals surface area contributed by atoms with E-state index in [9.17, 15) is 9.59 Å². The third kappa shape index (κ3) is 3.50. The van der Waals surface area contributed by atoms with Gasteiger partial charge in [-0.05, 0) is 67.6 Å². The van der Waals surface area contributed by atoms with Crippen LogP contribution in [0.4, 0.5) is 11.5 Å². The van der Waals surface area contributed by atoms with Crippen molar-refractivity contribution in [3.8, 4) is 0 Å². The zero-order valence-electron chi connectivity index (χ0n) is 17.9. The topological polar surface area (TPSA) is 76.0 Å². The Bertz CT molecular complexity index is 1270. The molecule has 1 aliphatic heterocycles. The van der Waals surface area contributed by atoms with Crippen molar-refractivity contribution in [1.82, 2.24) is 9.78 Å². The monoisotopic (exact) mass is 446 g/mol. The number of fused-ring (bicyclic) bond motifs is 1. The molecule has 0 radical (unpaired) electrons. The van der Waals surface area contributed by atoms with E-state index in [1.165, 1.54) is 5.56 Å². The summed E-state index contributed by atoms with van der Waals surface area (Å²) in [7, 11) is 0. The van der Waals surface area contributed by atoms with Crippen molar-refractivity contribution >= 4 is 34.8 Å². The molecule has 1 atom stereocenters. The summed E-state index contributed by atoms with van der Waals surface area (Å²) in [6.45, 7) is 4.05. The lowest BCUT2D eigenvalue weighted by Crippen LogP contribution is -2.32. The number of hydrogen-bond donors (Lipinski definition) is 2. The number of aromatic nitrogens is 2. The molecule has 1 aliphatic carbocycles. The third-order valence-corrected chi connectivity index (χ3v) is 6.49. The van der Waals surface area contributed by atoms with Gasteiger partial charge in [0.1, 0.15) is 17.4 Å². The molecule has 2 aromatic carbocycles. The lowest BCUT2D eigenvalue weighted by atomic mass is 9.85. The van der Waals surface area contributed by atoms with Crippen LogP contribution in [-0.4, -0.2) is 21.5 Å². The van der Waals surface area contributed by atoms with Crippen LogP contribution in [0.3, 0.4) is 0 Å². The smallest absolute Gasteiger partial charge is 0.261 e. The maximum Gasteiger partial charge on any atom is 0.261 e. The van der Waals surface area contributed by atoms with Gasteiger partial charge < -0.3 is 10.6 Å². The molecule has 3 aromatic rings. The molecule has 5 rings (SSSR count). The fraction of sp³-hybridized carbons (Fsp3) is 0.240. The van der Waals surface area contributed by atoms with Crippen molar-refractivity contribution in [2.24, 2.45) is 0 Å². The van der Waals surface area contributed by atoms with E-state index in [2.05, 4.69) is 15.7 Å². The first-order valence-electron chi connectivity index (χ1n) is 10.7. The summed E-state index contributed by atoms with van der Waals surface area (Å²) in [5, 5.41) is 11.5. The van der Waals surface area contributed by atoms with Crippen molar-refractivity contribution in [2.75, 3.05) is 10.6 Å². The fourth-order valence-corrected chi connectivity index (χ4v) is 4.52. The van der Waals surface area contributed by atoms with Crippen LogP contribution in [0.5, 0.6) is 0 Å². The number of carbonyl (C=O) groups is 2. The summed E-state index contributed by atoms with van der Waals surface area (Å²) in [5.41, 5.74) is 5.94. The number of anilines is 2. The predicted octanol–water partition coefficient (Wildman–Crippen LogP) is 5.43. The highest BCUT2D eigenvalue weighted by molar-refractivity contribution is 6.30. The molecule has 7 heteroatoms. The van der Waals surface area contributed by atoms with Gasteiger partial charge in [-0.25, -0.2) is 4.68 Å². The summed E-state index contributed by atoms with van der Waals surface area (Å²) >= 11 is 6.09. The molecule has 32 heavy (non-hydrogen) atoms.